The van der Waals surface area contributed by atoms with E-state index in [1.807, 2.05) is 6.07 Å². The molecule has 0 bridgehead atoms. The number of carboxylic acid groups (broad SMARTS) is 1. The van der Waals surface area contributed by atoms with Gasteiger partial charge in [-0.25, -0.2) is 4.79 Å². The van der Waals surface area contributed by atoms with E-state index in [-0.39, 0.29) is 5.41 Å². The van der Waals surface area contributed by atoms with Gasteiger partial charge in [-0.3, -0.25) is 0 Å². The molecule has 21 heavy (non-hydrogen) atoms. The highest BCUT2D eigenvalue weighted by Crippen LogP contribution is 2.33. The van der Waals surface area contributed by atoms with Crippen molar-refractivity contribution < 1.29 is 9.90 Å². The summed E-state index contributed by atoms with van der Waals surface area (Å²) in [6.45, 7) is 9.91. The molecule has 2 rings (SSSR count). The van der Waals surface area contributed by atoms with E-state index in [1.54, 1.807) is 6.07 Å². The van der Waals surface area contributed by atoms with Crippen LogP contribution in [0.5, 0.6) is 0 Å². The highest BCUT2D eigenvalue weighted by atomic mass is 16.4. The summed E-state index contributed by atoms with van der Waals surface area (Å²) >= 11 is 0. The largest absolute Gasteiger partial charge is 0.478 e. The summed E-state index contributed by atoms with van der Waals surface area (Å²) in [5.41, 5.74) is 9.22. The average molecular weight is 288 g/mol. The van der Waals surface area contributed by atoms with Crippen LogP contribution in [0.25, 0.3) is 10.9 Å². The van der Waals surface area contributed by atoms with Crippen molar-refractivity contribution in [2.45, 2.75) is 46.1 Å². The lowest BCUT2D eigenvalue weighted by Gasteiger charge is -2.23. The molecule has 1 aromatic heterocycles. The number of hydrogen-bond donors (Lipinski definition) is 2. The first-order valence-electron chi connectivity index (χ1n) is 7.33. The summed E-state index contributed by atoms with van der Waals surface area (Å²) in [6, 6.07) is 5.63. The molecule has 0 aliphatic carbocycles. The highest BCUT2D eigenvalue weighted by molar-refractivity contribution is 5.96. The summed E-state index contributed by atoms with van der Waals surface area (Å²) in [4.78, 5) is 11.4. The molecule has 0 saturated carbocycles. The predicted octanol–water partition coefficient (Wildman–Crippen LogP) is 3.29. The lowest BCUT2D eigenvalue weighted by atomic mass is 9.84. The molecule has 4 nitrogen and oxygen atoms in total. The van der Waals surface area contributed by atoms with Crippen LogP contribution >= 0.6 is 0 Å². The van der Waals surface area contributed by atoms with Crippen LogP contribution in [0.2, 0.25) is 0 Å². The summed E-state index contributed by atoms with van der Waals surface area (Å²) in [5.74, 6) is -0.880. The Morgan fingerprint density at radius 3 is 2.48 bits per heavy atom. The zero-order valence-corrected chi connectivity index (χ0v) is 13.2. The molecule has 1 heterocycles. The first-order valence-corrected chi connectivity index (χ1v) is 7.33. The number of benzene rings is 1. The molecule has 4 heteroatoms. The monoisotopic (exact) mass is 288 g/mol. The third-order valence-electron chi connectivity index (χ3n) is 3.84. The van der Waals surface area contributed by atoms with Crippen LogP contribution in [-0.2, 0) is 12.0 Å². The Bertz CT molecular complexity index is 678. The number of fused-ring (bicyclic) bond motifs is 1. The molecule has 0 atom stereocenters. The van der Waals surface area contributed by atoms with Gasteiger partial charge in [-0.15, -0.1) is 0 Å². The molecule has 2 aromatic rings. The molecule has 0 aliphatic heterocycles. The van der Waals surface area contributed by atoms with Crippen LogP contribution in [0.1, 0.15) is 48.8 Å². The van der Waals surface area contributed by atoms with Crippen LogP contribution in [0, 0.1) is 6.92 Å². The molecule has 1 aromatic carbocycles. The Balaban J connectivity index is 2.77. The van der Waals surface area contributed by atoms with Crippen LogP contribution in [0.4, 0.5) is 0 Å². The molecule has 0 amide bonds. The molecule has 0 spiro atoms. The summed E-state index contributed by atoms with van der Waals surface area (Å²) in [5, 5.41) is 10.3. The van der Waals surface area contributed by atoms with E-state index in [0.29, 0.717) is 12.1 Å². The third kappa shape index (κ3) is 2.95. The van der Waals surface area contributed by atoms with E-state index in [4.69, 9.17) is 5.73 Å². The molecular formula is C17H24N2O2. The number of carboxylic acids is 1. The Hall–Kier alpha value is -1.81. The van der Waals surface area contributed by atoms with Gasteiger partial charge in [-0.05, 0) is 49.1 Å². The molecule has 0 fully saturated rings. The number of carbonyl (C=O) groups is 1. The second kappa shape index (κ2) is 5.53. The summed E-state index contributed by atoms with van der Waals surface area (Å²) in [6.07, 6.45) is 0.912. The number of nitrogens with zero attached hydrogens (tertiary/aromatic N) is 1. The lowest BCUT2D eigenvalue weighted by Crippen LogP contribution is -2.16. The fraction of sp³-hybridized carbons (Fsp3) is 0.471. The number of nitrogens with two attached hydrogens (primary N) is 1. The minimum Gasteiger partial charge on any atom is -0.478 e. The maximum Gasteiger partial charge on any atom is 0.335 e. The fourth-order valence-electron chi connectivity index (χ4n) is 2.78. The lowest BCUT2D eigenvalue weighted by molar-refractivity contribution is 0.0697. The van der Waals surface area contributed by atoms with Crippen molar-refractivity contribution in [2.75, 3.05) is 6.54 Å². The van der Waals surface area contributed by atoms with Crippen molar-refractivity contribution in [3.63, 3.8) is 0 Å². The van der Waals surface area contributed by atoms with Gasteiger partial charge in [-0.2, -0.15) is 0 Å². The average Bonchev–Trinajstić information content (AvgIpc) is 2.69. The van der Waals surface area contributed by atoms with Crippen LogP contribution < -0.4 is 5.73 Å². The second-order valence-corrected chi connectivity index (χ2v) is 6.60. The first-order chi connectivity index (χ1) is 9.75. The van der Waals surface area contributed by atoms with Crippen LogP contribution in [-0.4, -0.2) is 22.2 Å². The summed E-state index contributed by atoms with van der Waals surface area (Å²) in [7, 11) is 0. The Labute approximate surface area is 125 Å². The Morgan fingerprint density at radius 1 is 1.29 bits per heavy atom. The van der Waals surface area contributed by atoms with Crippen molar-refractivity contribution in [1.82, 2.24) is 4.57 Å². The van der Waals surface area contributed by atoms with Gasteiger partial charge in [0.15, 0.2) is 0 Å². The number of rotatable bonds is 4. The van der Waals surface area contributed by atoms with Gasteiger partial charge < -0.3 is 15.4 Å². The van der Waals surface area contributed by atoms with Crippen molar-refractivity contribution in [3.8, 4) is 0 Å². The van der Waals surface area contributed by atoms with Crippen molar-refractivity contribution in [3.05, 3.63) is 35.0 Å². The highest BCUT2D eigenvalue weighted by Gasteiger charge is 2.22. The van der Waals surface area contributed by atoms with Crippen molar-refractivity contribution in [2.24, 2.45) is 5.73 Å². The van der Waals surface area contributed by atoms with Crippen LogP contribution in [0.3, 0.4) is 0 Å². The van der Waals surface area contributed by atoms with Gasteiger partial charge in [0.05, 0.1) is 11.1 Å². The van der Waals surface area contributed by atoms with E-state index >= 15 is 0 Å². The summed E-state index contributed by atoms with van der Waals surface area (Å²) < 4.78 is 2.26. The minimum atomic E-state index is -0.880. The minimum absolute atomic E-state index is 0.116. The van der Waals surface area contributed by atoms with E-state index in [9.17, 15) is 9.90 Å². The smallest absolute Gasteiger partial charge is 0.335 e. The maximum absolute atomic E-state index is 11.4. The maximum atomic E-state index is 11.4. The second-order valence-electron chi connectivity index (χ2n) is 6.60. The molecule has 0 unspecified atom stereocenters. The van der Waals surface area contributed by atoms with Gasteiger partial charge in [0.1, 0.15) is 0 Å². The topological polar surface area (TPSA) is 68.2 Å². The molecular weight excluding hydrogens is 264 g/mol. The number of hydrogen-bond acceptors (Lipinski definition) is 2. The van der Waals surface area contributed by atoms with Crippen molar-refractivity contribution in [1.29, 1.82) is 0 Å². The van der Waals surface area contributed by atoms with E-state index in [2.05, 4.69) is 38.3 Å². The third-order valence-corrected chi connectivity index (χ3v) is 3.84. The Kier molecular flexibility index (Phi) is 4.10. The van der Waals surface area contributed by atoms with Gasteiger partial charge in [-0.1, -0.05) is 20.8 Å². The number of aromatic carboxylic acids is 1. The zero-order valence-electron chi connectivity index (χ0n) is 13.2. The zero-order chi connectivity index (χ0) is 15.8. The predicted molar refractivity (Wildman–Crippen MR) is 86.0 cm³/mol. The molecule has 3 N–H and O–H groups in total. The molecule has 0 saturated heterocycles. The normalized spacial score (nSPS) is 12.0. The quantitative estimate of drug-likeness (QED) is 0.907. The first kappa shape index (κ1) is 15.6. The van der Waals surface area contributed by atoms with Gasteiger partial charge >= 0.3 is 5.97 Å². The van der Waals surface area contributed by atoms with E-state index in [1.165, 1.54) is 0 Å². The van der Waals surface area contributed by atoms with E-state index in [0.717, 1.165) is 35.1 Å². The molecule has 114 valence electrons. The van der Waals surface area contributed by atoms with Gasteiger partial charge in [0, 0.05) is 17.6 Å². The SMILES string of the molecule is Cc1cc2cc(C(=O)O)cc(C(C)(C)C)c2n1CCCN. The standard InChI is InChI=1S/C17H24N2O2/c1-11-8-12-9-13(16(20)21)10-14(17(2,3)4)15(12)19(11)7-5-6-18/h8-10H,5-7,18H2,1-4H3,(H,20,21). The van der Waals surface area contributed by atoms with Gasteiger partial charge in [0.25, 0.3) is 0 Å². The van der Waals surface area contributed by atoms with Gasteiger partial charge in [0.2, 0.25) is 0 Å². The van der Waals surface area contributed by atoms with Crippen LogP contribution in [0.15, 0.2) is 18.2 Å². The Morgan fingerprint density at radius 2 is 1.95 bits per heavy atom. The van der Waals surface area contributed by atoms with Crippen molar-refractivity contribution >= 4 is 16.9 Å². The number of aromatic nitrogens is 1. The molecule has 0 aliphatic rings. The fourth-order valence-corrected chi connectivity index (χ4v) is 2.78. The molecule has 0 radical (unpaired) electrons. The number of aryl methyl sites for hydroxylation is 2. The van der Waals surface area contributed by atoms with E-state index < -0.39 is 5.97 Å².